The number of nitrogens with zero attached hydrogens (tertiary/aromatic N) is 3. The number of aromatic amines is 1. The summed E-state index contributed by atoms with van der Waals surface area (Å²) in [7, 11) is 0. The fourth-order valence-corrected chi connectivity index (χ4v) is 2.68. The highest BCUT2D eigenvalue weighted by Gasteiger charge is 2.36. The molecule has 0 atom stereocenters. The standard InChI is InChI=1S/C17H12N4O2/c1-10-18-15(20-19-10)11-5-4-6-12(9-11)21-16(22)13-7-2-3-8-14(13)17(21)23/h2-9H,1H3,(H,18,19,20). The third-order valence-corrected chi connectivity index (χ3v) is 3.75. The summed E-state index contributed by atoms with van der Waals surface area (Å²) in [6, 6.07) is 13.9. The molecule has 6 heteroatoms. The van der Waals surface area contributed by atoms with Crippen molar-refractivity contribution in [1.82, 2.24) is 15.2 Å². The highest BCUT2D eigenvalue weighted by atomic mass is 16.2. The number of rotatable bonds is 2. The second kappa shape index (κ2) is 4.88. The van der Waals surface area contributed by atoms with Gasteiger partial charge in [0, 0.05) is 5.56 Å². The number of imide groups is 1. The highest BCUT2D eigenvalue weighted by molar-refractivity contribution is 6.34. The zero-order chi connectivity index (χ0) is 16.0. The minimum atomic E-state index is -0.311. The van der Waals surface area contributed by atoms with Gasteiger partial charge in [-0.3, -0.25) is 14.7 Å². The van der Waals surface area contributed by atoms with Crippen LogP contribution in [0.25, 0.3) is 11.4 Å². The third kappa shape index (κ3) is 2.03. The minimum Gasteiger partial charge on any atom is -0.268 e. The van der Waals surface area contributed by atoms with Crippen LogP contribution >= 0.6 is 0 Å². The Labute approximate surface area is 131 Å². The Kier molecular flexibility index (Phi) is 2.84. The normalized spacial score (nSPS) is 13.5. The molecule has 1 aliphatic heterocycles. The van der Waals surface area contributed by atoms with Crippen molar-refractivity contribution in [3.63, 3.8) is 0 Å². The Morgan fingerprint density at radius 2 is 1.65 bits per heavy atom. The van der Waals surface area contributed by atoms with E-state index in [1.165, 1.54) is 4.90 Å². The van der Waals surface area contributed by atoms with Crippen molar-refractivity contribution in [3.8, 4) is 11.4 Å². The zero-order valence-corrected chi connectivity index (χ0v) is 12.3. The lowest BCUT2D eigenvalue weighted by molar-refractivity contribution is 0.0926. The van der Waals surface area contributed by atoms with Crippen molar-refractivity contribution in [2.75, 3.05) is 4.90 Å². The summed E-state index contributed by atoms with van der Waals surface area (Å²) in [6.45, 7) is 1.81. The average molecular weight is 304 g/mol. The number of benzene rings is 2. The molecule has 1 N–H and O–H groups in total. The van der Waals surface area contributed by atoms with Gasteiger partial charge in [-0.1, -0.05) is 24.3 Å². The Morgan fingerprint density at radius 1 is 0.957 bits per heavy atom. The molecule has 2 aromatic carbocycles. The summed E-state index contributed by atoms with van der Waals surface area (Å²) in [5.74, 6) is 0.606. The number of amides is 2. The number of carbonyl (C=O) groups is 2. The molecule has 0 spiro atoms. The predicted molar refractivity (Wildman–Crippen MR) is 84.1 cm³/mol. The lowest BCUT2D eigenvalue weighted by atomic mass is 10.1. The van der Waals surface area contributed by atoms with Gasteiger partial charge in [-0.2, -0.15) is 5.10 Å². The number of hydrogen-bond donors (Lipinski definition) is 1. The van der Waals surface area contributed by atoms with E-state index in [2.05, 4.69) is 15.2 Å². The fraction of sp³-hybridized carbons (Fsp3) is 0.0588. The molecule has 23 heavy (non-hydrogen) atoms. The van der Waals surface area contributed by atoms with E-state index in [0.717, 1.165) is 5.56 Å². The minimum absolute atomic E-state index is 0.311. The van der Waals surface area contributed by atoms with Crippen LogP contribution in [0.2, 0.25) is 0 Å². The molecule has 2 amide bonds. The first-order chi connectivity index (χ1) is 11.1. The first-order valence-electron chi connectivity index (χ1n) is 7.12. The zero-order valence-electron chi connectivity index (χ0n) is 12.3. The number of aryl methyl sites for hydroxylation is 1. The van der Waals surface area contributed by atoms with Crippen LogP contribution in [0.4, 0.5) is 5.69 Å². The van der Waals surface area contributed by atoms with E-state index < -0.39 is 0 Å². The number of anilines is 1. The van der Waals surface area contributed by atoms with Crippen LogP contribution in [-0.4, -0.2) is 27.0 Å². The summed E-state index contributed by atoms with van der Waals surface area (Å²) in [6.07, 6.45) is 0. The second-order valence-electron chi connectivity index (χ2n) is 5.29. The van der Waals surface area contributed by atoms with Crippen LogP contribution in [0.15, 0.2) is 48.5 Å². The highest BCUT2D eigenvalue weighted by Crippen LogP contribution is 2.30. The Balaban J connectivity index is 1.78. The Morgan fingerprint density at radius 3 is 2.26 bits per heavy atom. The molecule has 0 saturated carbocycles. The van der Waals surface area contributed by atoms with Gasteiger partial charge in [0.2, 0.25) is 0 Å². The van der Waals surface area contributed by atoms with Gasteiger partial charge in [0.1, 0.15) is 5.82 Å². The van der Waals surface area contributed by atoms with E-state index >= 15 is 0 Å². The number of hydrogen-bond acceptors (Lipinski definition) is 4. The molecule has 2 heterocycles. The van der Waals surface area contributed by atoms with Crippen LogP contribution in [-0.2, 0) is 0 Å². The maximum Gasteiger partial charge on any atom is 0.266 e. The summed E-state index contributed by atoms with van der Waals surface area (Å²) >= 11 is 0. The van der Waals surface area contributed by atoms with Crippen LogP contribution < -0.4 is 4.90 Å². The Hall–Kier alpha value is -3.28. The fourth-order valence-electron chi connectivity index (χ4n) is 2.68. The SMILES string of the molecule is Cc1nc(-c2cccc(N3C(=O)c4ccccc4C3=O)c2)n[nH]1. The molecule has 4 rings (SSSR count). The van der Waals surface area contributed by atoms with Crippen molar-refractivity contribution in [1.29, 1.82) is 0 Å². The lowest BCUT2D eigenvalue weighted by Gasteiger charge is -2.14. The van der Waals surface area contributed by atoms with Gasteiger partial charge in [0.25, 0.3) is 11.8 Å². The number of H-pyrrole nitrogens is 1. The van der Waals surface area contributed by atoms with E-state index in [1.807, 2.05) is 13.0 Å². The van der Waals surface area contributed by atoms with Crippen molar-refractivity contribution < 1.29 is 9.59 Å². The smallest absolute Gasteiger partial charge is 0.266 e. The summed E-state index contributed by atoms with van der Waals surface area (Å²) < 4.78 is 0. The number of carbonyl (C=O) groups excluding carboxylic acids is 2. The average Bonchev–Trinajstić information content (AvgIpc) is 3.11. The van der Waals surface area contributed by atoms with Gasteiger partial charge < -0.3 is 0 Å². The van der Waals surface area contributed by atoms with Crippen molar-refractivity contribution in [3.05, 3.63) is 65.5 Å². The third-order valence-electron chi connectivity index (χ3n) is 3.75. The van der Waals surface area contributed by atoms with E-state index in [4.69, 9.17) is 0 Å². The maximum atomic E-state index is 12.5. The van der Waals surface area contributed by atoms with Crippen molar-refractivity contribution >= 4 is 17.5 Å². The van der Waals surface area contributed by atoms with E-state index in [0.29, 0.717) is 28.5 Å². The van der Waals surface area contributed by atoms with Crippen LogP contribution in [0, 0.1) is 6.92 Å². The van der Waals surface area contributed by atoms with Crippen LogP contribution in [0.3, 0.4) is 0 Å². The van der Waals surface area contributed by atoms with E-state index in [9.17, 15) is 9.59 Å². The summed E-state index contributed by atoms with van der Waals surface area (Å²) in [5, 5.41) is 6.89. The number of aromatic nitrogens is 3. The summed E-state index contributed by atoms with van der Waals surface area (Å²) in [5.41, 5.74) is 2.10. The first-order valence-corrected chi connectivity index (χ1v) is 7.12. The van der Waals surface area contributed by atoms with Crippen LogP contribution in [0.1, 0.15) is 26.5 Å². The largest absolute Gasteiger partial charge is 0.268 e. The number of nitrogens with one attached hydrogen (secondary N) is 1. The molecule has 0 aliphatic carbocycles. The molecule has 0 bridgehead atoms. The van der Waals surface area contributed by atoms with Crippen molar-refractivity contribution in [2.45, 2.75) is 6.92 Å². The van der Waals surface area contributed by atoms with Gasteiger partial charge in [0.05, 0.1) is 16.8 Å². The number of fused-ring (bicyclic) bond motifs is 1. The molecular weight excluding hydrogens is 292 g/mol. The van der Waals surface area contributed by atoms with Gasteiger partial charge in [0.15, 0.2) is 5.82 Å². The molecule has 3 aromatic rings. The van der Waals surface area contributed by atoms with Gasteiger partial charge in [-0.25, -0.2) is 9.88 Å². The van der Waals surface area contributed by atoms with Gasteiger partial charge in [-0.05, 0) is 31.2 Å². The Bertz CT molecular complexity index is 910. The first kappa shape index (κ1) is 13.4. The van der Waals surface area contributed by atoms with E-state index in [-0.39, 0.29) is 11.8 Å². The molecule has 0 saturated heterocycles. The molecule has 1 aliphatic rings. The molecule has 6 nitrogen and oxygen atoms in total. The molecule has 112 valence electrons. The maximum absolute atomic E-state index is 12.5. The molecule has 0 fully saturated rings. The monoisotopic (exact) mass is 304 g/mol. The lowest BCUT2D eigenvalue weighted by Crippen LogP contribution is -2.29. The van der Waals surface area contributed by atoms with Gasteiger partial charge >= 0.3 is 0 Å². The summed E-state index contributed by atoms with van der Waals surface area (Å²) in [4.78, 5) is 30.5. The topological polar surface area (TPSA) is 79.0 Å². The predicted octanol–water partition coefficient (Wildman–Crippen LogP) is 2.58. The van der Waals surface area contributed by atoms with Crippen LogP contribution in [0.5, 0.6) is 0 Å². The molecule has 0 radical (unpaired) electrons. The quantitative estimate of drug-likeness (QED) is 0.738. The van der Waals surface area contributed by atoms with Gasteiger partial charge in [-0.15, -0.1) is 0 Å². The second-order valence-corrected chi connectivity index (χ2v) is 5.29. The van der Waals surface area contributed by atoms with Crippen molar-refractivity contribution in [2.24, 2.45) is 0 Å². The van der Waals surface area contributed by atoms with E-state index in [1.54, 1.807) is 42.5 Å². The molecular formula is C17H12N4O2. The molecule has 0 unspecified atom stereocenters. The molecule has 1 aromatic heterocycles.